The number of ketones is 2. The van der Waals surface area contributed by atoms with Gasteiger partial charge in [0.25, 0.3) is 0 Å². The van der Waals surface area contributed by atoms with E-state index in [9.17, 15) is 9.59 Å². The molecule has 0 saturated heterocycles. The van der Waals surface area contributed by atoms with Crippen LogP contribution in [0, 0.1) is 0 Å². The number of carbonyl (C=O) groups excluding carboxylic acids is 2. The summed E-state index contributed by atoms with van der Waals surface area (Å²) in [6.45, 7) is 6.11. The molecule has 0 heterocycles. The Hall–Kier alpha value is -1.64. The molecule has 0 spiro atoms. The highest BCUT2D eigenvalue weighted by Crippen LogP contribution is 2.27. The first-order valence-corrected chi connectivity index (χ1v) is 8.15. The fourth-order valence-electron chi connectivity index (χ4n) is 2.28. The molecule has 0 radical (unpaired) electrons. The van der Waals surface area contributed by atoms with E-state index in [2.05, 4.69) is 0 Å². The van der Waals surface area contributed by atoms with Crippen molar-refractivity contribution in [2.24, 2.45) is 0 Å². The Morgan fingerprint density at radius 3 is 2.04 bits per heavy atom. The average molecular weight is 349 g/mol. The third-order valence-corrected chi connectivity index (χ3v) is 4.03. The maximum Gasteiger partial charge on any atom is 0.196 e. The van der Waals surface area contributed by atoms with Crippen molar-refractivity contribution in [3.63, 3.8) is 0 Å². The maximum atomic E-state index is 12.7. The molecular weight excluding hydrogens is 331 g/mol. The summed E-state index contributed by atoms with van der Waals surface area (Å²) in [7, 11) is 0. The lowest BCUT2D eigenvalue weighted by Gasteiger charge is -2.21. The molecule has 0 bridgehead atoms. The Balaban J connectivity index is 2.59. The highest BCUT2D eigenvalue weighted by Gasteiger charge is 2.25. The summed E-state index contributed by atoms with van der Waals surface area (Å²) in [5, 5.41) is 0. The lowest BCUT2D eigenvalue weighted by molar-refractivity contribution is 0.0986. The minimum absolute atomic E-state index is 0.155. The predicted molar refractivity (Wildman–Crippen MR) is 94.8 cm³/mol. The fraction of sp³-hybridized carbons (Fsp3) is 0.263. The van der Waals surface area contributed by atoms with Crippen molar-refractivity contribution in [1.82, 2.24) is 0 Å². The molecule has 0 aliphatic rings. The lowest BCUT2D eigenvalue weighted by Crippen LogP contribution is -2.18. The molecule has 0 aliphatic heterocycles. The molecule has 23 heavy (non-hydrogen) atoms. The van der Waals surface area contributed by atoms with Crippen molar-refractivity contribution in [1.29, 1.82) is 0 Å². The van der Waals surface area contributed by atoms with Crippen LogP contribution in [0.5, 0.6) is 0 Å². The first-order chi connectivity index (χ1) is 10.7. The fourth-order valence-corrected chi connectivity index (χ4v) is 2.51. The van der Waals surface area contributed by atoms with Gasteiger partial charge in [0.1, 0.15) is 0 Å². The number of hydrogen-bond acceptors (Lipinski definition) is 2. The van der Waals surface area contributed by atoms with Crippen LogP contribution in [-0.2, 0) is 5.41 Å². The molecule has 0 fully saturated rings. The van der Waals surface area contributed by atoms with E-state index in [0.29, 0.717) is 11.1 Å². The van der Waals surface area contributed by atoms with Gasteiger partial charge in [0.05, 0.1) is 0 Å². The maximum absolute atomic E-state index is 12.7. The van der Waals surface area contributed by atoms with Crippen molar-refractivity contribution >= 4 is 34.8 Å². The number of carbonyl (C=O) groups is 2. The normalized spacial score (nSPS) is 11.6. The van der Waals surface area contributed by atoms with Crippen LogP contribution < -0.4 is 0 Å². The van der Waals surface area contributed by atoms with Crippen LogP contribution in [0.1, 0.15) is 52.6 Å². The van der Waals surface area contributed by atoms with Gasteiger partial charge in [-0.05, 0) is 17.0 Å². The standard InChI is InChI=1S/C19H18Cl2O2/c1-19(2,3)13-9-10-14(15(11-13)17(23)18(20)21)16(22)12-7-5-4-6-8-12/h4-11,18H,1-3H3. The zero-order chi connectivity index (χ0) is 17.2. The van der Waals surface area contributed by atoms with Gasteiger partial charge in [0, 0.05) is 16.7 Å². The van der Waals surface area contributed by atoms with E-state index in [0.717, 1.165) is 5.56 Å². The second kappa shape index (κ2) is 6.86. The highest BCUT2D eigenvalue weighted by molar-refractivity contribution is 6.55. The van der Waals surface area contributed by atoms with E-state index in [-0.39, 0.29) is 16.8 Å². The molecule has 0 atom stereocenters. The van der Waals surface area contributed by atoms with Crippen LogP contribution in [0.4, 0.5) is 0 Å². The predicted octanol–water partition coefficient (Wildman–Crippen LogP) is 5.20. The molecule has 2 aromatic carbocycles. The summed E-state index contributed by atoms with van der Waals surface area (Å²) in [5.41, 5.74) is 1.89. The third kappa shape index (κ3) is 4.01. The monoisotopic (exact) mass is 348 g/mol. The zero-order valence-corrected chi connectivity index (χ0v) is 14.8. The smallest absolute Gasteiger partial charge is 0.196 e. The van der Waals surface area contributed by atoms with Crippen molar-refractivity contribution in [3.8, 4) is 0 Å². The summed E-state index contributed by atoms with van der Waals surface area (Å²) in [6, 6.07) is 14.1. The number of benzene rings is 2. The van der Waals surface area contributed by atoms with Crippen molar-refractivity contribution in [2.75, 3.05) is 0 Å². The Kier molecular flexibility index (Phi) is 5.28. The lowest BCUT2D eigenvalue weighted by atomic mass is 9.83. The largest absolute Gasteiger partial charge is 0.291 e. The molecule has 2 aromatic rings. The van der Waals surface area contributed by atoms with Crippen LogP contribution >= 0.6 is 23.2 Å². The minimum atomic E-state index is -1.20. The van der Waals surface area contributed by atoms with Gasteiger partial charge in [-0.15, -0.1) is 0 Å². The number of rotatable bonds is 4. The summed E-state index contributed by atoms with van der Waals surface area (Å²) in [6.07, 6.45) is 0. The van der Waals surface area contributed by atoms with Gasteiger partial charge in [-0.3, -0.25) is 9.59 Å². The quantitative estimate of drug-likeness (QED) is 0.561. The van der Waals surface area contributed by atoms with Crippen LogP contribution in [0.25, 0.3) is 0 Å². The van der Waals surface area contributed by atoms with E-state index in [4.69, 9.17) is 23.2 Å². The molecule has 2 nitrogen and oxygen atoms in total. The van der Waals surface area contributed by atoms with Crippen LogP contribution in [0.2, 0.25) is 0 Å². The molecule has 120 valence electrons. The first-order valence-electron chi connectivity index (χ1n) is 7.28. The van der Waals surface area contributed by atoms with Gasteiger partial charge in [0.2, 0.25) is 0 Å². The summed E-state index contributed by atoms with van der Waals surface area (Å²) < 4.78 is 0. The molecule has 0 amide bonds. The topological polar surface area (TPSA) is 34.1 Å². The van der Waals surface area contributed by atoms with Gasteiger partial charge in [-0.2, -0.15) is 0 Å². The second-order valence-electron chi connectivity index (χ2n) is 6.37. The second-order valence-corrected chi connectivity index (χ2v) is 7.47. The summed E-state index contributed by atoms with van der Waals surface area (Å²) >= 11 is 11.5. The van der Waals surface area contributed by atoms with E-state index in [1.807, 2.05) is 32.9 Å². The number of alkyl halides is 2. The first kappa shape index (κ1) is 17.7. The van der Waals surface area contributed by atoms with Crippen LogP contribution in [0.15, 0.2) is 48.5 Å². The minimum Gasteiger partial charge on any atom is -0.291 e. The molecule has 0 saturated carbocycles. The van der Waals surface area contributed by atoms with Crippen molar-refractivity contribution in [2.45, 2.75) is 31.0 Å². The van der Waals surface area contributed by atoms with Crippen LogP contribution in [-0.4, -0.2) is 16.4 Å². The van der Waals surface area contributed by atoms with Crippen molar-refractivity contribution < 1.29 is 9.59 Å². The van der Waals surface area contributed by atoms with Crippen LogP contribution in [0.3, 0.4) is 0 Å². The molecule has 0 aliphatic carbocycles. The Morgan fingerprint density at radius 2 is 1.52 bits per heavy atom. The number of Topliss-reactive ketones (excluding diaryl/α,β-unsaturated/α-hetero) is 1. The summed E-state index contributed by atoms with van der Waals surface area (Å²) in [4.78, 5) is 23.9. The van der Waals surface area contributed by atoms with Gasteiger partial charge in [-0.1, -0.05) is 86.4 Å². The Bertz CT molecular complexity index is 729. The van der Waals surface area contributed by atoms with Gasteiger partial charge in [0.15, 0.2) is 16.4 Å². The molecule has 4 heteroatoms. The van der Waals surface area contributed by atoms with Gasteiger partial charge in [-0.25, -0.2) is 0 Å². The molecule has 2 rings (SSSR count). The van der Waals surface area contributed by atoms with Gasteiger partial charge >= 0.3 is 0 Å². The SMILES string of the molecule is CC(C)(C)c1ccc(C(=O)c2ccccc2)c(C(=O)C(Cl)Cl)c1. The molecular formula is C19H18Cl2O2. The Morgan fingerprint density at radius 1 is 0.913 bits per heavy atom. The third-order valence-electron chi connectivity index (χ3n) is 3.63. The van der Waals surface area contributed by atoms with Gasteiger partial charge < -0.3 is 0 Å². The van der Waals surface area contributed by atoms with E-state index >= 15 is 0 Å². The van der Waals surface area contributed by atoms with E-state index in [1.54, 1.807) is 36.4 Å². The molecule has 0 aromatic heterocycles. The van der Waals surface area contributed by atoms with Crippen molar-refractivity contribution in [3.05, 3.63) is 70.8 Å². The zero-order valence-electron chi connectivity index (χ0n) is 13.3. The number of hydrogen-bond donors (Lipinski definition) is 0. The van der Waals surface area contributed by atoms with E-state index < -0.39 is 10.6 Å². The number of halogens is 2. The molecule has 0 unspecified atom stereocenters. The Labute approximate surface area is 146 Å². The highest BCUT2D eigenvalue weighted by atomic mass is 35.5. The summed E-state index contributed by atoms with van der Waals surface area (Å²) in [5.74, 6) is -0.679. The molecule has 0 N–H and O–H groups in total. The van der Waals surface area contributed by atoms with E-state index in [1.165, 1.54) is 0 Å². The average Bonchev–Trinajstić information content (AvgIpc) is 2.52.